The van der Waals surface area contributed by atoms with Crippen LogP contribution in [0.15, 0.2) is 97.2 Å². The molecule has 0 heterocycles. The summed E-state index contributed by atoms with van der Waals surface area (Å²) >= 11 is 0. The highest BCUT2D eigenvalue weighted by Crippen LogP contribution is 2.11. The number of hydrogen-bond donors (Lipinski definition) is 1. The first-order chi connectivity index (χ1) is 22.2. The van der Waals surface area contributed by atoms with Crippen LogP contribution in [0.2, 0.25) is 0 Å². The molecule has 0 aromatic carbocycles. The summed E-state index contributed by atoms with van der Waals surface area (Å²) in [5.41, 5.74) is 0. The molecule has 254 valence electrons. The molecular formula is C41H66O4. The molecule has 0 spiro atoms. The fraction of sp³-hybridized carbons (Fsp3) is 0.585. The van der Waals surface area contributed by atoms with Crippen LogP contribution in [0.5, 0.6) is 0 Å². The highest BCUT2D eigenvalue weighted by molar-refractivity contribution is 5.69. The standard InChI is InChI=1S/C41H66O4/c1-3-5-7-9-11-13-15-17-19-21-22-24-26-28-30-32-34-36-41(43)45-40(38-42)39-44-37-35-33-31-29-27-25-23-20-18-16-14-12-10-8-6-4-2/h5-8,11-14,17-20,25,27,31,33,40,42H,3-4,9-10,15-16,21-24,26,28-30,32,34-39H2,1-2H3/b7-5-,8-6-,13-11-,14-12-,19-17-,20-18-,27-25-,33-31-. The molecule has 0 rings (SSSR count). The molecule has 45 heavy (non-hydrogen) atoms. The summed E-state index contributed by atoms with van der Waals surface area (Å²) in [6.45, 7) is 4.87. The first-order valence-corrected chi connectivity index (χ1v) is 17.8. The zero-order chi connectivity index (χ0) is 32.7. The number of rotatable bonds is 31. The van der Waals surface area contributed by atoms with Gasteiger partial charge in [0.2, 0.25) is 0 Å². The highest BCUT2D eigenvalue weighted by Gasteiger charge is 2.13. The SMILES string of the molecule is CC/C=C\C/C=C\C/C=C\C/C=C\C/C=C\CCOCC(CO)OC(=O)CCCCCCCCC/C=C\C/C=C\C/C=C\CC. The van der Waals surface area contributed by atoms with E-state index < -0.39 is 6.10 Å². The maximum Gasteiger partial charge on any atom is 0.306 e. The lowest BCUT2D eigenvalue weighted by molar-refractivity contribution is -0.154. The topological polar surface area (TPSA) is 55.8 Å². The third-order valence-corrected chi connectivity index (χ3v) is 6.92. The smallest absolute Gasteiger partial charge is 0.306 e. The van der Waals surface area contributed by atoms with Crippen LogP contribution in [-0.4, -0.2) is 37.0 Å². The summed E-state index contributed by atoms with van der Waals surface area (Å²) in [5.74, 6) is -0.241. The molecule has 0 amide bonds. The number of ether oxygens (including phenoxy) is 2. The second-order valence-electron chi connectivity index (χ2n) is 11.2. The number of carbonyl (C=O) groups excluding carboxylic acids is 1. The number of allylic oxidation sites excluding steroid dienone is 15. The van der Waals surface area contributed by atoms with E-state index in [1.165, 1.54) is 25.7 Å². The van der Waals surface area contributed by atoms with E-state index in [9.17, 15) is 9.90 Å². The number of carbonyl (C=O) groups is 1. The maximum atomic E-state index is 12.1. The Morgan fingerprint density at radius 3 is 1.40 bits per heavy atom. The van der Waals surface area contributed by atoms with Gasteiger partial charge in [0, 0.05) is 6.42 Å². The Bertz CT molecular complexity index is 872. The monoisotopic (exact) mass is 622 g/mol. The molecule has 0 aromatic rings. The van der Waals surface area contributed by atoms with Gasteiger partial charge < -0.3 is 14.6 Å². The average molecular weight is 623 g/mol. The zero-order valence-corrected chi connectivity index (χ0v) is 28.8. The molecule has 0 aliphatic carbocycles. The van der Waals surface area contributed by atoms with Gasteiger partial charge in [-0.2, -0.15) is 0 Å². The summed E-state index contributed by atoms with van der Waals surface area (Å²) in [6, 6.07) is 0. The van der Waals surface area contributed by atoms with Gasteiger partial charge in [-0.15, -0.1) is 0 Å². The lowest BCUT2D eigenvalue weighted by atomic mass is 10.1. The molecule has 4 heteroatoms. The molecule has 0 aliphatic rings. The fourth-order valence-electron chi connectivity index (χ4n) is 4.35. The van der Waals surface area contributed by atoms with Crippen LogP contribution in [0.1, 0.15) is 129 Å². The van der Waals surface area contributed by atoms with Gasteiger partial charge in [0.05, 0.1) is 19.8 Å². The van der Waals surface area contributed by atoms with Crippen molar-refractivity contribution < 1.29 is 19.4 Å². The third-order valence-electron chi connectivity index (χ3n) is 6.92. The second kappa shape index (κ2) is 37.5. The molecule has 0 aromatic heterocycles. The van der Waals surface area contributed by atoms with Crippen LogP contribution in [0.4, 0.5) is 0 Å². The van der Waals surface area contributed by atoms with Crippen LogP contribution in [-0.2, 0) is 14.3 Å². The van der Waals surface area contributed by atoms with E-state index in [1.54, 1.807) is 0 Å². The van der Waals surface area contributed by atoms with E-state index in [4.69, 9.17) is 9.47 Å². The van der Waals surface area contributed by atoms with E-state index in [2.05, 4.69) is 111 Å². The maximum absolute atomic E-state index is 12.1. The Morgan fingerprint density at radius 1 is 0.533 bits per heavy atom. The van der Waals surface area contributed by atoms with E-state index in [0.717, 1.165) is 83.5 Å². The van der Waals surface area contributed by atoms with Gasteiger partial charge in [0.15, 0.2) is 0 Å². The molecule has 1 unspecified atom stereocenters. The molecular weight excluding hydrogens is 556 g/mol. The van der Waals surface area contributed by atoms with Gasteiger partial charge in [0.25, 0.3) is 0 Å². The van der Waals surface area contributed by atoms with Crippen molar-refractivity contribution in [2.75, 3.05) is 19.8 Å². The van der Waals surface area contributed by atoms with Gasteiger partial charge >= 0.3 is 5.97 Å². The fourth-order valence-corrected chi connectivity index (χ4v) is 4.35. The van der Waals surface area contributed by atoms with Gasteiger partial charge in [-0.25, -0.2) is 0 Å². The Morgan fingerprint density at radius 2 is 0.933 bits per heavy atom. The van der Waals surface area contributed by atoms with Crippen LogP contribution in [0.25, 0.3) is 0 Å². The van der Waals surface area contributed by atoms with Crippen LogP contribution in [0.3, 0.4) is 0 Å². The normalized spacial score (nSPS) is 13.6. The Kier molecular flexibility index (Phi) is 35.3. The lowest BCUT2D eigenvalue weighted by Crippen LogP contribution is -2.27. The second-order valence-corrected chi connectivity index (χ2v) is 11.2. The van der Waals surface area contributed by atoms with E-state index >= 15 is 0 Å². The molecule has 0 saturated carbocycles. The van der Waals surface area contributed by atoms with Gasteiger partial charge in [-0.3, -0.25) is 4.79 Å². The first-order valence-electron chi connectivity index (χ1n) is 17.8. The molecule has 0 aliphatic heterocycles. The molecule has 1 atom stereocenters. The van der Waals surface area contributed by atoms with Crippen LogP contribution >= 0.6 is 0 Å². The van der Waals surface area contributed by atoms with Gasteiger partial charge in [-0.1, -0.05) is 143 Å². The predicted octanol–water partition coefficient (Wildman–Crippen LogP) is 11.4. The number of aliphatic hydroxyl groups is 1. The van der Waals surface area contributed by atoms with E-state index in [-0.39, 0.29) is 19.2 Å². The minimum absolute atomic E-state index is 0.212. The number of hydrogen-bond acceptors (Lipinski definition) is 4. The molecule has 0 bridgehead atoms. The van der Waals surface area contributed by atoms with Crippen molar-refractivity contribution in [3.63, 3.8) is 0 Å². The zero-order valence-electron chi connectivity index (χ0n) is 28.8. The Hall–Kier alpha value is -2.69. The van der Waals surface area contributed by atoms with Crippen molar-refractivity contribution in [1.29, 1.82) is 0 Å². The lowest BCUT2D eigenvalue weighted by Gasteiger charge is -2.15. The van der Waals surface area contributed by atoms with Crippen molar-refractivity contribution in [2.45, 2.75) is 136 Å². The first kappa shape index (κ1) is 42.3. The predicted molar refractivity (Wildman–Crippen MR) is 195 cm³/mol. The van der Waals surface area contributed by atoms with Crippen LogP contribution in [0, 0.1) is 0 Å². The van der Waals surface area contributed by atoms with Crippen molar-refractivity contribution in [3.8, 4) is 0 Å². The quantitative estimate of drug-likeness (QED) is 0.0475. The number of unbranched alkanes of at least 4 members (excludes halogenated alkanes) is 7. The molecule has 0 saturated heterocycles. The molecule has 1 N–H and O–H groups in total. The van der Waals surface area contributed by atoms with Crippen LogP contribution < -0.4 is 0 Å². The van der Waals surface area contributed by atoms with Crippen molar-refractivity contribution in [2.24, 2.45) is 0 Å². The summed E-state index contributed by atoms with van der Waals surface area (Å²) in [4.78, 5) is 12.1. The molecule has 0 fully saturated rings. The largest absolute Gasteiger partial charge is 0.457 e. The summed E-state index contributed by atoms with van der Waals surface area (Å²) in [7, 11) is 0. The number of esters is 1. The van der Waals surface area contributed by atoms with Crippen molar-refractivity contribution in [1.82, 2.24) is 0 Å². The molecule has 4 nitrogen and oxygen atoms in total. The third kappa shape index (κ3) is 35.7. The van der Waals surface area contributed by atoms with Crippen molar-refractivity contribution in [3.05, 3.63) is 97.2 Å². The minimum atomic E-state index is -0.584. The molecule has 0 radical (unpaired) electrons. The highest BCUT2D eigenvalue weighted by atomic mass is 16.6. The van der Waals surface area contributed by atoms with Crippen molar-refractivity contribution >= 4 is 5.97 Å². The number of aliphatic hydroxyl groups excluding tert-OH is 1. The summed E-state index contributed by atoms with van der Waals surface area (Å²) < 4.78 is 11.0. The van der Waals surface area contributed by atoms with E-state index in [1.807, 2.05) is 0 Å². The van der Waals surface area contributed by atoms with Gasteiger partial charge in [-0.05, 0) is 77.0 Å². The summed E-state index contributed by atoms with van der Waals surface area (Å²) in [5, 5.41) is 9.54. The Labute approximate surface area is 277 Å². The average Bonchev–Trinajstić information content (AvgIpc) is 3.05. The van der Waals surface area contributed by atoms with Gasteiger partial charge in [0.1, 0.15) is 6.10 Å². The van der Waals surface area contributed by atoms with E-state index in [0.29, 0.717) is 13.0 Å². The summed E-state index contributed by atoms with van der Waals surface area (Å²) in [6.07, 6.45) is 53.2. The minimum Gasteiger partial charge on any atom is -0.457 e. The Balaban J connectivity index is 3.63.